The zero-order chi connectivity index (χ0) is 21.6. The van der Waals surface area contributed by atoms with Crippen LogP contribution in [-0.4, -0.2) is 28.7 Å². The molecule has 4 rings (SSSR count). The number of carbonyl (C=O) groups excluding carboxylic acids is 2. The van der Waals surface area contributed by atoms with Crippen molar-refractivity contribution in [3.8, 4) is 0 Å². The summed E-state index contributed by atoms with van der Waals surface area (Å²) < 4.78 is 15.1. The van der Waals surface area contributed by atoms with Crippen LogP contribution in [0.4, 0.5) is 10.1 Å². The van der Waals surface area contributed by atoms with E-state index in [0.29, 0.717) is 23.7 Å². The number of thiophene rings is 1. The lowest BCUT2D eigenvalue weighted by atomic mass is 10.2. The molecule has 0 aliphatic rings. The third kappa shape index (κ3) is 5.34. The summed E-state index contributed by atoms with van der Waals surface area (Å²) >= 11 is 2.86. The predicted molar refractivity (Wildman–Crippen MR) is 124 cm³/mol. The molecule has 0 fully saturated rings. The number of hydrogen-bond donors (Lipinski definition) is 2. The molecule has 0 spiro atoms. The number of carbonyl (C=O) groups is 2. The fourth-order valence-electron chi connectivity index (χ4n) is 3.17. The zero-order valence-corrected chi connectivity index (χ0v) is 18.1. The Morgan fingerprint density at radius 3 is 2.61 bits per heavy atom. The van der Waals surface area contributed by atoms with Crippen LogP contribution in [0, 0.1) is 5.82 Å². The number of hydrogen-bond acceptors (Lipinski definition) is 4. The lowest BCUT2D eigenvalue weighted by Crippen LogP contribution is -2.26. The molecule has 0 saturated heterocycles. The van der Waals surface area contributed by atoms with Gasteiger partial charge >= 0.3 is 0 Å². The molecular formula is C23H20FN3O2S2. The number of nitrogens with zero attached hydrogens (tertiary/aromatic N) is 1. The molecule has 2 N–H and O–H groups in total. The van der Waals surface area contributed by atoms with Crippen LogP contribution in [0.5, 0.6) is 0 Å². The van der Waals surface area contributed by atoms with Crippen LogP contribution in [0.2, 0.25) is 0 Å². The first kappa shape index (κ1) is 21.1. The first-order valence-electron chi connectivity index (χ1n) is 9.68. The van der Waals surface area contributed by atoms with Crippen molar-refractivity contribution in [3.63, 3.8) is 0 Å². The van der Waals surface area contributed by atoms with E-state index in [0.717, 1.165) is 15.8 Å². The summed E-state index contributed by atoms with van der Waals surface area (Å²) in [6, 6.07) is 17.3. The minimum absolute atomic E-state index is 0.0708. The van der Waals surface area contributed by atoms with E-state index in [2.05, 4.69) is 15.2 Å². The highest BCUT2D eigenvalue weighted by molar-refractivity contribution is 8.00. The topological polar surface area (TPSA) is 63.1 Å². The number of anilines is 1. The van der Waals surface area contributed by atoms with Gasteiger partial charge in [0.25, 0.3) is 5.91 Å². The summed E-state index contributed by atoms with van der Waals surface area (Å²) in [4.78, 5) is 26.1. The highest BCUT2D eigenvalue weighted by Crippen LogP contribution is 2.30. The highest BCUT2D eigenvalue weighted by Gasteiger charge is 2.12. The summed E-state index contributed by atoms with van der Waals surface area (Å²) in [6.45, 7) is 1.13. The van der Waals surface area contributed by atoms with Gasteiger partial charge in [-0.2, -0.15) is 0 Å². The van der Waals surface area contributed by atoms with Crippen molar-refractivity contribution in [2.75, 3.05) is 17.6 Å². The summed E-state index contributed by atoms with van der Waals surface area (Å²) in [7, 11) is 0. The molecule has 0 saturated carbocycles. The molecule has 2 amide bonds. The number of amides is 2. The van der Waals surface area contributed by atoms with Crippen molar-refractivity contribution in [2.24, 2.45) is 0 Å². The van der Waals surface area contributed by atoms with Gasteiger partial charge in [0.2, 0.25) is 5.91 Å². The normalized spacial score (nSPS) is 10.9. The van der Waals surface area contributed by atoms with Crippen molar-refractivity contribution in [2.45, 2.75) is 11.4 Å². The van der Waals surface area contributed by atoms with Crippen LogP contribution in [0.15, 0.2) is 77.1 Å². The second-order valence-corrected chi connectivity index (χ2v) is 8.75. The van der Waals surface area contributed by atoms with Gasteiger partial charge in [-0.1, -0.05) is 24.3 Å². The molecule has 158 valence electrons. The van der Waals surface area contributed by atoms with Crippen molar-refractivity contribution < 1.29 is 14.0 Å². The van der Waals surface area contributed by atoms with Gasteiger partial charge in [-0.25, -0.2) is 4.39 Å². The molecule has 0 aliphatic heterocycles. The van der Waals surface area contributed by atoms with Crippen molar-refractivity contribution in [1.29, 1.82) is 0 Å². The standard InChI is InChI=1S/C23H20FN3O2S2/c24-16-7-9-17(10-8-16)26-22(28)15-31-21-14-27(19-5-2-1-4-18(19)21)12-11-25-23(29)20-6-3-13-30-20/h1-10,13-14H,11-12,15H2,(H,25,29)(H,26,28). The molecular weight excluding hydrogens is 433 g/mol. The third-order valence-electron chi connectivity index (χ3n) is 4.62. The summed E-state index contributed by atoms with van der Waals surface area (Å²) in [5.74, 6) is -0.331. The van der Waals surface area contributed by atoms with E-state index in [9.17, 15) is 14.0 Å². The lowest BCUT2D eigenvalue weighted by molar-refractivity contribution is -0.113. The molecule has 0 aliphatic carbocycles. The largest absolute Gasteiger partial charge is 0.350 e. The Balaban J connectivity index is 1.38. The fraction of sp³-hybridized carbons (Fsp3) is 0.130. The number of aromatic nitrogens is 1. The van der Waals surface area contributed by atoms with E-state index in [4.69, 9.17) is 0 Å². The maximum atomic E-state index is 13.0. The van der Waals surface area contributed by atoms with E-state index >= 15 is 0 Å². The molecule has 0 bridgehead atoms. The van der Waals surface area contributed by atoms with Crippen LogP contribution in [-0.2, 0) is 11.3 Å². The number of fused-ring (bicyclic) bond motifs is 1. The van der Waals surface area contributed by atoms with Crippen LogP contribution in [0.1, 0.15) is 9.67 Å². The van der Waals surface area contributed by atoms with Gasteiger partial charge in [-0.3, -0.25) is 9.59 Å². The molecule has 2 aromatic carbocycles. The molecule has 31 heavy (non-hydrogen) atoms. The Kier molecular flexibility index (Phi) is 6.69. The molecule has 5 nitrogen and oxygen atoms in total. The number of halogens is 1. The average molecular weight is 454 g/mol. The summed E-state index contributed by atoms with van der Waals surface area (Å²) in [5.41, 5.74) is 1.62. The van der Waals surface area contributed by atoms with Crippen molar-refractivity contribution in [1.82, 2.24) is 9.88 Å². The Morgan fingerprint density at radius 1 is 1.03 bits per heavy atom. The van der Waals surface area contributed by atoms with Crippen LogP contribution >= 0.6 is 23.1 Å². The quantitative estimate of drug-likeness (QED) is 0.369. The van der Waals surface area contributed by atoms with Gasteiger partial charge in [0.1, 0.15) is 5.82 Å². The first-order valence-corrected chi connectivity index (χ1v) is 11.5. The Bertz CT molecular complexity index is 1190. The van der Waals surface area contributed by atoms with Gasteiger partial charge in [0, 0.05) is 40.8 Å². The molecule has 2 aromatic heterocycles. The predicted octanol–water partition coefficient (Wildman–Crippen LogP) is 5.00. The second-order valence-electron chi connectivity index (χ2n) is 6.78. The van der Waals surface area contributed by atoms with E-state index in [-0.39, 0.29) is 23.4 Å². The Hall–Kier alpha value is -3.10. The van der Waals surface area contributed by atoms with Gasteiger partial charge in [0.15, 0.2) is 0 Å². The molecule has 2 heterocycles. The number of nitrogens with one attached hydrogen (secondary N) is 2. The second kappa shape index (κ2) is 9.80. The minimum Gasteiger partial charge on any atom is -0.350 e. The molecule has 0 atom stereocenters. The minimum atomic E-state index is -0.341. The molecule has 4 aromatic rings. The highest BCUT2D eigenvalue weighted by atomic mass is 32.2. The third-order valence-corrected chi connectivity index (χ3v) is 6.53. The smallest absolute Gasteiger partial charge is 0.261 e. The maximum Gasteiger partial charge on any atom is 0.261 e. The van der Waals surface area contributed by atoms with E-state index in [1.165, 1.54) is 47.4 Å². The first-order chi connectivity index (χ1) is 15.1. The van der Waals surface area contributed by atoms with Gasteiger partial charge < -0.3 is 15.2 Å². The Morgan fingerprint density at radius 2 is 1.84 bits per heavy atom. The van der Waals surface area contributed by atoms with Crippen molar-refractivity contribution >= 4 is 51.5 Å². The van der Waals surface area contributed by atoms with Crippen LogP contribution < -0.4 is 10.6 Å². The maximum absolute atomic E-state index is 13.0. The van der Waals surface area contributed by atoms with Crippen molar-refractivity contribution in [3.05, 3.63) is 82.9 Å². The SMILES string of the molecule is O=C(CSc1cn(CCNC(=O)c2cccs2)c2ccccc12)Nc1ccc(F)cc1. The summed E-state index contributed by atoms with van der Waals surface area (Å²) in [5, 5.41) is 8.66. The number of para-hydroxylation sites is 1. The average Bonchev–Trinajstić information content (AvgIpc) is 3.43. The van der Waals surface area contributed by atoms with Crippen LogP contribution in [0.3, 0.4) is 0 Å². The van der Waals surface area contributed by atoms with Crippen LogP contribution in [0.25, 0.3) is 10.9 Å². The van der Waals surface area contributed by atoms with Gasteiger partial charge in [-0.15, -0.1) is 23.1 Å². The molecule has 0 radical (unpaired) electrons. The van der Waals surface area contributed by atoms with E-state index in [1.807, 2.05) is 41.9 Å². The number of benzene rings is 2. The number of rotatable bonds is 8. The van der Waals surface area contributed by atoms with Gasteiger partial charge in [0.05, 0.1) is 10.6 Å². The van der Waals surface area contributed by atoms with Gasteiger partial charge in [-0.05, 0) is 41.8 Å². The number of thioether (sulfide) groups is 1. The zero-order valence-electron chi connectivity index (χ0n) is 16.5. The summed E-state index contributed by atoms with van der Waals surface area (Å²) in [6.07, 6.45) is 2.01. The Labute approximate surface area is 187 Å². The fourth-order valence-corrected chi connectivity index (χ4v) is 4.70. The van der Waals surface area contributed by atoms with E-state index in [1.54, 1.807) is 6.07 Å². The monoisotopic (exact) mass is 453 g/mol. The molecule has 0 unspecified atom stereocenters. The lowest BCUT2D eigenvalue weighted by Gasteiger charge is -2.06. The molecule has 8 heteroatoms. The van der Waals surface area contributed by atoms with E-state index < -0.39 is 0 Å².